The molecule has 0 bridgehead atoms. The van der Waals surface area contributed by atoms with E-state index in [0.29, 0.717) is 22.3 Å². The van der Waals surface area contributed by atoms with E-state index < -0.39 is 17.5 Å². The van der Waals surface area contributed by atoms with Crippen LogP contribution in [0.15, 0.2) is 54.6 Å². The molecule has 3 aromatic carbocycles. The minimum atomic E-state index is -0.757. The number of phenols is 1. The predicted molar refractivity (Wildman–Crippen MR) is 102 cm³/mol. The van der Waals surface area contributed by atoms with Crippen LogP contribution in [0.4, 0.5) is 8.78 Å². The largest absolute Gasteiger partial charge is 0.507 e. The van der Waals surface area contributed by atoms with Crippen molar-refractivity contribution in [2.75, 3.05) is 0 Å². The fourth-order valence-corrected chi connectivity index (χ4v) is 3.02. The van der Waals surface area contributed by atoms with Gasteiger partial charge in [0, 0.05) is 6.07 Å². The summed E-state index contributed by atoms with van der Waals surface area (Å²) >= 11 is 0. The molecule has 0 radical (unpaired) electrons. The maximum Gasteiger partial charge on any atom is 0.252 e. The zero-order valence-corrected chi connectivity index (χ0v) is 15.0. The molecule has 3 rings (SSSR count). The van der Waals surface area contributed by atoms with E-state index in [1.165, 1.54) is 24.3 Å². The van der Waals surface area contributed by atoms with E-state index in [2.05, 4.69) is 0 Å². The molecule has 27 heavy (non-hydrogen) atoms. The van der Waals surface area contributed by atoms with Crippen LogP contribution in [0.25, 0.3) is 22.3 Å². The van der Waals surface area contributed by atoms with Gasteiger partial charge in [0.2, 0.25) is 0 Å². The molecular formula is C22H19F2NO2. The van der Waals surface area contributed by atoms with Gasteiger partial charge < -0.3 is 10.8 Å². The molecule has 0 aliphatic carbocycles. The molecular weight excluding hydrogens is 348 g/mol. The van der Waals surface area contributed by atoms with E-state index in [4.69, 9.17) is 5.73 Å². The van der Waals surface area contributed by atoms with Gasteiger partial charge in [0.15, 0.2) is 0 Å². The van der Waals surface area contributed by atoms with Crippen molar-refractivity contribution in [2.24, 2.45) is 5.73 Å². The summed E-state index contributed by atoms with van der Waals surface area (Å²) < 4.78 is 27.5. The Balaban J connectivity index is 2.28. The molecule has 1 amide bonds. The Morgan fingerprint density at radius 1 is 0.889 bits per heavy atom. The van der Waals surface area contributed by atoms with Gasteiger partial charge in [-0.2, -0.15) is 0 Å². The molecule has 0 heterocycles. The summed E-state index contributed by atoms with van der Waals surface area (Å²) in [6, 6.07) is 13.5. The third kappa shape index (κ3) is 3.82. The van der Waals surface area contributed by atoms with Crippen LogP contribution >= 0.6 is 0 Å². The van der Waals surface area contributed by atoms with Crippen LogP contribution in [0.3, 0.4) is 0 Å². The Bertz CT molecular complexity index is 1010. The standard InChI is InChI=1S/C22H19F2NO2/c1-12(2)13-3-5-18(15-7-16(23)11-17(24)8-15)19(9-13)14-4-6-21(26)20(10-14)22(25)27/h3-12,26H,1-2H3,(H2,25,27). The number of primary amides is 1. The highest BCUT2D eigenvalue weighted by molar-refractivity contribution is 5.97. The molecule has 0 atom stereocenters. The number of aromatic hydroxyl groups is 1. The van der Waals surface area contributed by atoms with Crippen LogP contribution in [-0.4, -0.2) is 11.0 Å². The van der Waals surface area contributed by atoms with Crippen molar-refractivity contribution in [3.05, 3.63) is 77.4 Å². The number of nitrogens with two attached hydrogens (primary N) is 1. The van der Waals surface area contributed by atoms with Crippen LogP contribution in [0.1, 0.15) is 35.7 Å². The van der Waals surface area contributed by atoms with Crippen LogP contribution in [0.2, 0.25) is 0 Å². The second-order valence-electron chi connectivity index (χ2n) is 6.71. The summed E-state index contributed by atoms with van der Waals surface area (Å²) in [6.45, 7) is 4.07. The maximum absolute atomic E-state index is 13.7. The lowest BCUT2D eigenvalue weighted by Crippen LogP contribution is -2.11. The van der Waals surface area contributed by atoms with E-state index >= 15 is 0 Å². The topological polar surface area (TPSA) is 63.3 Å². The summed E-state index contributed by atoms with van der Waals surface area (Å²) in [7, 11) is 0. The minimum Gasteiger partial charge on any atom is -0.507 e. The van der Waals surface area contributed by atoms with Crippen molar-refractivity contribution in [1.82, 2.24) is 0 Å². The van der Waals surface area contributed by atoms with E-state index in [0.717, 1.165) is 11.6 Å². The van der Waals surface area contributed by atoms with Gasteiger partial charge in [-0.15, -0.1) is 0 Å². The fourth-order valence-electron chi connectivity index (χ4n) is 3.02. The number of rotatable bonds is 4. The molecule has 3 aromatic rings. The summed E-state index contributed by atoms with van der Waals surface area (Å²) in [6.07, 6.45) is 0. The smallest absolute Gasteiger partial charge is 0.252 e. The SMILES string of the molecule is CC(C)c1ccc(-c2cc(F)cc(F)c2)c(-c2ccc(O)c(C(N)=O)c2)c1. The maximum atomic E-state index is 13.7. The van der Waals surface area contributed by atoms with E-state index in [9.17, 15) is 18.7 Å². The molecule has 3 nitrogen and oxygen atoms in total. The zero-order chi connectivity index (χ0) is 19.7. The van der Waals surface area contributed by atoms with Crippen LogP contribution in [0.5, 0.6) is 5.75 Å². The molecule has 0 saturated carbocycles. The number of carbonyl (C=O) groups is 1. The predicted octanol–water partition coefficient (Wildman–Crippen LogP) is 5.23. The molecule has 0 fully saturated rings. The Morgan fingerprint density at radius 2 is 1.56 bits per heavy atom. The fraction of sp³-hybridized carbons (Fsp3) is 0.136. The third-order valence-corrected chi connectivity index (χ3v) is 4.46. The second kappa shape index (κ2) is 7.19. The molecule has 0 unspecified atom stereocenters. The Hall–Kier alpha value is -3.21. The number of hydrogen-bond acceptors (Lipinski definition) is 2. The Kier molecular flexibility index (Phi) is 4.95. The molecule has 0 spiro atoms. The van der Waals surface area contributed by atoms with Crippen LogP contribution < -0.4 is 5.73 Å². The average Bonchev–Trinajstić information content (AvgIpc) is 2.60. The molecule has 0 saturated heterocycles. The van der Waals surface area contributed by atoms with Gasteiger partial charge in [-0.05, 0) is 58.0 Å². The van der Waals surface area contributed by atoms with E-state index in [1.54, 1.807) is 12.1 Å². The van der Waals surface area contributed by atoms with Gasteiger partial charge in [-0.1, -0.05) is 38.1 Å². The first kappa shape index (κ1) is 18.6. The van der Waals surface area contributed by atoms with E-state index in [1.807, 2.05) is 26.0 Å². The lowest BCUT2D eigenvalue weighted by atomic mass is 9.89. The Labute approximate surface area is 156 Å². The summed E-state index contributed by atoms with van der Waals surface area (Å²) in [5.41, 5.74) is 8.64. The molecule has 5 heteroatoms. The number of amides is 1. The number of carbonyl (C=O) groups excluding carboxylic acids is 1. The monoisotopic (exact) mass is 367 g/mol. The van der Waals surface area contributed by atoms with Crippen molar-refractivity contribution in [1.29, 1.82) is 0 Å². The van der Waals surface area contributed by atoms with Crippen LogP contribution in [0, 0.1) is 11.6 Å². The third-order valence-electron chi connectivity index (χ3n) is 4.46. The van der Waals surface area contributed by atoms with Crippen molar-refractivity contribution in [2.45, 2.75) is 19.8 Å². The first-order valence-electron chi connectivity index (χ1n) is 8.50. The van der Waals surface area contributed by atoms with Gasteiger partial charge >= 0.3 is 0 Å². The lowest BCUT2D eigenvalue weighted by molar-refractivity contribution is 0.0998. The first-order valence-corrected chi connectivity index (χ1v) is 8.50. The van der Waals surface area contributed by atoms with Gasteiger partial charge in [0.05, 0.1) is 5.56 Å². The number of halogens is 2. The Morgan fingerprint density at radius 3 is 2.15 bits per heavy atom. The van der Waals surface area contributed by atoms with Crippen molar-refractivity contribution in [3.8, 4) is 28.0 Å². The number of benzene rings is 3. The highest BCUT2D eigenvalue weighted by Crippen LogP contribution is 2.36. The summed E-state index contributed by atoms with van der Waals surface area (Å²) in [5.74, 6) is -2.09. The molecule has 3 N–H and O–H groups in total. The second-order valence-corrected chi connectivity index (χ2v) is 6.71. The van der Waals surface area contributed by atoms with Crippen molar-refractivity contribution in [3.63, 3.8) is 0 Å². The minimum absolute atomic E-state index is 0.0150. The van der Waals surface area contributed by atoms with E-state index in [-0.39, 0.29) is 17.2 Å². The molecule has 0 aliphatic heterocycles. The molecule has 0 aliphatic rings. The van der Waals surface area contributed by atoms with Crippen LogP contribution in [-0.2, 0) is 0 Å². The quantitative estimate of drug-likeness (QED) is 0.663. The highest BCUT2D eigenvalue weighted by Gasteiger charge is 2.15. The van der Waals surface area contributed by atoms with Gasteiger partial charge in [0.25, 0.3) is 5.91 Å². The van der Waals surface area contributed by atoms with Crippen molar-refractivity contribution >= 4 is 5.91 Å². The highest BCUT2D eigenvalue weighted by atomic mass is 19.1. The first-order chi connectivity index (χ1) is 12.8. The number of hydrogen-bond donors (Lipinski definition) is 2. The lowest BCUT2D eigenvalue weighted by Gasteiger charge is -2.15. The van der Waals surface area contributed by atoms with Crippen molar-refractivity contribution < 1.29 is 18.7 Å². The molecule has 0 aromatic heterocycles. The molecule has 138 valence electrons. The average molecular weight is 367 g/mol. The van der Waals surface area contributed by atoms with Gasteiger partial charge in [0.1, 0.15) is 17.4 Å². The van der Waals surface area contributed by atoms with Gasteiger partial charge in [-0.3, -0.25) is 4.79 Å². The zero-order valence-electron chi connectivity index (χ0n) is 15.0. The van der Waals surface area contributed by atoms with Gasteiger partial charge in [-0.25, -0.2) is 8.78 Å². The summed E-state index contributed by atoms with van der Waals surface area (Å²) in [4.78, 5) is 11.6. The summed E-state index contributed by atoms with van der Waals surface area (Å²) in [5, 5.41) is 9.85. The normalized spacial score (nSPS) is 11.0.